The van der Waals surface area contributed by atoms with Crippen LogP contribution in [0.5, 0.6) is 5.75 Å². The van der Waals surface area contributed by atoms with Gasteiger partial charge in [0.2, 0.25) is 0 Å². The topological polar surface area (TPSA) is 59.0 Å². The Morgan fingerprint density at radius 3 is 2.67 bits per heavy atom. The van der Waals surface area contributed by atoms with Crippen LogP contribution in [0.15, 0.2) is 24.3 Å². The fourth-order valence-electron chi connectivity index (χ4n) is 2.74. The van der Waals surface area contributed by atoms with Gasteiger partial charge in [-0.15, -0.1) is 0 Å². The van der Waals surface area contributed by atoms with E-state index in [1.165, 1.54) is 0 Å². The number of carbonyl (C=O) groups is 1. The predicted molar refractivity (Wildman–Crippen MR) is 80.0 cm³/mol. The zero-order valence-corrected chi connectivity index (χ0v) is 12.8. The van der Waals surface area contributed by atoms with Crippen LogP contribution in [0, 0.1) is 0 Å². The number of ether oxygens (including phenoxy) is 2. The van der Waals surface area contributed by atoms with Crippen molar-refractivity contribution in [1.29, 1.82) is 0 Å². The van der Waals surface area contributed by atoms with Gasteiger partial charge in [-0.1, -0.05) is 0 Å². The molecule has 1 N–H and O–H groups in total. The molecule has 1 aliphatic rings. The van der Waals surface area contributed by atoms with E-state index in [0.717, 1.165) is 19.6 Å². The summed E-state index contributed by atoms with van der Waals surface area (Å²) in [6.07, 6.45) is 0.226. The lowest BCUT2D eigenvalue weighted by atomic mass is 10.1. The molecule has 1 aliphatic heterocycles. The molecule has 1 fully saturated rings. The first-order valence-corrected chi connectivity index (χ1v) is 7.22. The summed E-state index contributed by atoms with van der Waals surface area (Å²) in [5.41, 5.74) is 0.145. The standard InChI is InChI=1S/C16H23NO4/c1-12-10-17(11-16(2,3)21-12)8-9-20-14-6-4-13(5-7-14)15(18)19/h4-7,12H,8-11H2,1-3H3,(H,18,19). The van der Waals surface area contributed by atoms with Gasteiger partial charge in [0.15, 0.2) is 0 Å². The highest BCUT2D eigenvalue weighted by Crippen LogP contribution is 2.20. The van der Waals surface area contributed by atoms with Crippen molar-refractivity contribution in [2.45, 2.75) is 32.5 Å². The smallest absolute Gasteiger partial charge is 0.335 e. The molecule has 5 nitrogen and oxygen atoms in total. The van der Waals surface area contributed by atoms with Crippen LogP contribution in [0.2, 0.25) is 0 Å². The van der Waals surface area contributed by atoms with Crippen molar-refractivity contribution in [2.24, 2.45) is 0 Å². The highest BCUT2D eigenvalue weighted by Gasteiger charge is 2.30. The molecule has 0 radical (unpaired) electrons. The minimum absolute atomic E-state index is 0.124. The van der Waals surface area contributed by atoms with Gasteiger partial charge in [-0.05, 0) is 45.0 Å². The van der Waals surface area contributed by atoms with Gasteiger partial charge in [0, 0.05) is 19.6 Å². The van der Waals surface area contributed by atoms with Crippen molar-refractivity contribution in [3.05, 3.63) is 29.8 Å². The summed E-state index contributed by atoms with van der Waals surface area (Å²) in [6.45, 7) is 9.48. The van der Waals surface area contributed by atoms with Crippen LogP contribution in [0.3, 0.4) is 0 Å². The second-order valence-corrected chi connectivity index (χ2v) is 6.10. The molecule has 2 rings (SSSR count). The number of carboxylic acids is 1. The predicted octanol–water partition coefficient (Wildman–Crippen LogP) is 2.26. The van der Waals surface area contributed by atoms with Crippen LogP contribution in [0.25, 0.3) is 0 Å². The van der Waals surface area contributed by atoms with E-state index in [1.807, 2.05) is 0 Å². The second kappa shape index (κ2) is 6.45. The van der Waals surface area contributed by atoms with Gasteiger partial charge < -0.3 is 14.6 Å². The van der Waals surface area contributed by atoms with Gasteiger partial charge in [-0.3, -0.25) is 4.90 Å². The number of aromatic carboxylic acids is 1. The molecule has 0 aromatic heterocycles. The quantitative estimate of drug-likeness (QED) is 0.902. The van der Waals surface area contributed by atoms with E-state index in [9.17, 15) is 4.79 Å². The fourth-order valence-corrected chi connectivity index (χ4v) is 2.74. The van der Waals surface area contributed by atoms with Gasteiger partial charge >= 0.3 is 5.97 Å². The molecule has 21 heavy (non-hydrogen) atoms. The van der Waals surface area contributed by atoms with Crippen molar-refractivity contribution in [2.75, 3.05) is 26.2 Å². The van der Waals surface area contributed by atoms with Gasteiger partial charge in [-0.2, -0.15) is 0 Å². The van der Waals surface area contributed by atoms with Gasteiger partial charge in [0.25, 0.3) is 0 Å². The minimum atomic E-state index is -0.925. The van der Waals surface area contributed by atoms with E-state index in [0.29, 0.717) is 12.4 Å². The Morgan fingerprint density at radius 2 is 2.10 bits per heavy atom. The third-order valence-corrected chi connectivity index (χ3v) is 3.42. The van der Waals surface area contributed by atoms with Crippen LogP contribution >= 0.6 is 0 Å². The highest BCUT2D eigenvalue weighted by atomic mass is 16.5. The Morgan fingerprint density at radius 1 is 1.43 bits per heavy atom. The van der Waals surface area contributed by atoms with E-state index in [4.69, 9.17) is 14.6 Å². The molecule has 1 aromatic rings. The maximum absolute atomic E-state index is 10.8. The Bertz CT molecular complexity index is 484. The first kappa shape index (κ1) is 15.8. The molecular formula is C16H23NO4. The lowest BCUT2D eigenvalue weighted by Gasteiger charge is -2.41. The Hall–Kier alpha value is -1.59. The number of nitrogens with zero attached hydrogens (tertiary/aromatic N) is 1. The van der Waals surface area contributed by atoms with Crippen LogP contribution < -0.4 is 4.74 Å². The maximum Gasteiger partial charge on any atom is 0.335 e. The number of rotatable bonds is 5. The summed E-state index contributed by atoms with van der Waals surface area (Å²) in [5, 5.41) is 8.84. The third kappa shape index (κ3) is 4.72. The lowest BCUT2D eigenvalue weighted by molar-refractivity contribution is -0.129. The molecule has 1 heterocycles. The minimum Gasteiger partial charge on any atom is -0.492 e. The van der Waals surface area contributed by atoms with Crippen molar-refractivity contribution in [3.63, 3.8) is 0 Å². The molecule has 1 unspecified atom stereocenters. The molecule has 0 bridgehead atoms. The van der Waals surface area contributed by atoms with E-state index in [2.05, 4.69) is 25.7 Å². The molecule has 0 aliphatic carbocycles. The van der Waals surface area contributed by atoms with Crippen molar-refractivity contribution in [1.82, 2.24) is 4.90 Å². The third-order valence-electron chi connectivity index (χ3n) is 3.42. The number of hydrogen-bond acceptors (Lipinski definition) is 4. The Kier molecular flexibility index (Phi) is 4.85. The van der Waals surface area contributed by atoms with Crippen molar-refractivity contribution < 1.29 is 19.4 Å². The summed E-state index contributed by atoms with van der Waals surface area (Å²) in [4.78, 5) is 13.1. The zero-order chi connectivity index (χ0) is 15.5. The maximum atomic E-state index is 10.8. The average molecular weight is 293 g/mol. The highest BCUT2D eigenvalue weighted by molar-refractivity contribution is 5.87. The van der Waals surface area contributed by atoms with Crippen molar-refractivity contribution in [3.8, 4) is 5.75 Å². The summed E-state index contributed by atoms with van der Waals surface area (Å²) >= 11 is 0. The summed E-state index contributed by atoms with van der Waals surface area (Å²) in [5.74, 6) is -0.230. The molecule has 116 valence electrons. The van der Waals surface area contributed by atoms with Crippen molar-refractivity contribution >= 4 is 5.97 Å². The van der Waals surface area contributed by atoms with Crippen LogP contribution in [-0.4, -0.2) is 53.9 Å². The molecule has 0 spiro atoms. The Labute approximate surface area is 125 Å². The number of benzene rings is 1. The lowest BCUT2D eigenvalue weighted by Crippen LogP contribution is -2.52. The largest absolute Gasteiger partial charge is 0.492 e. The van der Waals surface area contributed by atoms with Crippen LogP contribution in [-0.2, 0) is 4.74 Å². The molecule has 0 amide bonds. The van der Waals surface area contributed by atoms with Gasteiger partial charge in [0.1, 0.15) is 12.4 Å². The molecule has 1 atom stereocenters. The first-order valence-electron chi connectivity index (χ1n) is 7.22. The monoisotopic (exact) mass is 293 g/mol. The number of morpholine rings is 1. The molecular weight excluding hydrogens is 270 g/mol. The fraction of sp³-hybridized carbons (Fsp3) is 0.562. The molecule has 1 saturated heterocycles. The molecule has 1 aromatic carbocycles. The second-order valence-electron chi connectivity index (χ2n) is 6.10. The first-order chi connectivity index (χ1) is 9.85. The molecule has 5 heteroatoms. The normalized spacial score (nSPS) is 22.0. The summed E-state index contributed by atoms with van der Waals surface area (Å²) < 4.78 is 11.5. The van der Waals surface area contributed by atoms with E-state index in [-0.39, 0.29) is 17.3 Å². The summed E-state index contributed by atoms with van der Waals surface area (Å²) in [6, 6.07) is 6.49. The molecule has 0 saturated carbocycles. The summed E-state index contributed by atoms with van der Waals surface area (Å²) in [7, 11) is 0. The zero-order valence-electron chi connectivity index (χ0n) is 12.8. The van der Waals surface area contributed by atoms with E-state index >= 15 is 0 Å². The number of carboxylic acid groups (broad SMARTS) is 1. The van der Waals surface area contributed by atoms with Gasteiger partial charge in [-0.25, -0.2) is 4.79 Å². The van der Waals surface area contributed by atoms with E-state index in [1.54, 1.807) is 24.3 Å². The number of hydrogen-bond donors (Lipinski definition) is 1. The SMILES string of the molecule is CC1CN(CCOc2ccc(C(=O)O)cc2)CC(C)(C)O1. The van der Waals surface area contributed by atoms with E-state index < -0.39 is 5.97 Å². The Balaban J connectivity index is 1.80. The van der Waals surface area contributed by atoms with Crippen LogP contribution in [0.4, 0.5) is 0 Å². The average Bonchev–Trinajstić information content (AvgIpc) is 2.37. The van der Waals surface area contributed by atoms with Crippen LogP contribution in [0.1, 0.15) is 31.1 Å². The van der Waals surface area contributed by atoms with Gasteiger partial charge in [0.05, 0.1) is 17.3 Å².